The van der Waals surface area contributed by atoms with E-state index in [2.05, 4.69) is 14.7 Å². The molecule has 17 heavy (non-hydrogen) atoms. The molecule has 0 saturated heterocycles. The van der Waals surface area contributed by atoms with E-state index in [0.717, 1.165) is 0 Å². The zero-order valence-corrected chi connectivity index (χ0v) is 9.14. The minimum absolute atomic E-state index is 0.273. The van der Waals surface area contributed by atoms with Crippen molar-refractivity contribution in [3.63, 3.8) is 0 Å². The molecule has 0 bridgehead atoms. The summed E-state index contributed by atoms with van der Waals surface area (Å²) in [6, 6.07) is 4.96. The minimum Gasteiger partial charge on any atom is -0.465 e. The van der Waals surface area contributed by atoms with E-state index in [4.69, 9.17) is 0 Å². The summed E-state index contributed by atoms with van der Waals surface area (Å²) in [7, 11) is 1.29. The van der Waals surface area contributed by atoms with Gasteiger partial charge in [-0.05, 0) is 12.1 Å². The van der Waals surface area contributed by atoms with Crippen LogP contribution in [0.3, 0.4) is 0 Å². The molecule has 0 spiro atoms. The van der Waals surface area contributed by atoms with E-state index in [9.17, 15) is 9.59 Å². The zero-order valence-electron chi connectivity index (χ0n) is 9.14. The average molecular weight is 230 g/mol. The summed E-state index contributed by atoms with van der Waals surface area (Å²) < 4.78 is 4.59. The molecule has 0 aliphatic heterocycles. The van der Waals surface area contributed by atoms with Gasteiger partial charge in [-0.1, -0.05) is 6.07 Å². The highest BCUT2D eigenvalue weighted by molar-refractivity contribution is 5.90. The molecule has 0 unspecified atom stereocenters. The molecule has 2 aromatic rings. The van der Waals surface area contributed by atoms with Crippen LogP contribution in [0.5, 0.6) is 0 Å². The van der Waals surface area contributed by atoms with E-state index < -0.39 is 5.97 Å². The number of carbonyl (C=O) groups excluding carboxylic acids is 1. The number of ether oxygens (including phenoxy) is 1. The van der Waals surface area contributed by atoms with E-state index >= 15 is 0 Å². The number of H-pyrrole nitrogens is 1. The van der Waals surface area contributed by atoms with Crippen LogP contribution in [0.1, 0.15) is 10.4 Å². The fourth-order valence-electron chi connectivity index (χ4n) is 1.46. The molecule has 0 aliphatic rings. The van der Waals surface area contributed by atoms with Crippen LogP contribution in [0.25, 0.3) is 11.1 Å². The summed E-state index contributed by atoms with van der Waals surface area (Å²) in [4.78, 5) is 29.4. The fourth-order valence-corrected chi connectivity index (χ4v) is 1.46. The number of hydrogen-bond acceptors (Lipinski definition) is 4. The van der Waals surface area contributed by atoms with E-state index in [0.29, 0.717) is 16.7 Å². The molecule has 5 heteroatoms. The highest BCUT2D eigenvalue weighted by Crippen LogP contribution is 2.14. The molecule has 1 N–H and O–H groups in total. The van der Waals surface area contributed by atoms with Crippen molar-refractivity contribution in [2.45, 2.75) is 0 Å². The highest BCUT2D eigenvalue weighted by Gasteiger charge is 2.10. The number of aromatic amines is 1. The standard InChI is InChI=1S/C12H10N2O3/c1-17-12(16)9-5-10(11(15)14-7-9)8-3-2-4-13-6-8/h2-7H,1H3,(H,14,15). The van der Waals surface area contributed by atoms with Crippen molar-refractivity contribution < 1.29 is 9.53 Å². The third kappa shape index (κ3) is 2.23. The SMILES string of the molecule is COC(=O)c1c[nH]c(=O)c(-c2cccnc2)c1. The number of aromatic nitrogens is 2. The van der Waals surface area contributed by atoms with Gasteiger partial charge in [-0.2, -0.15) is 0 Å². The molecule has 2 aromatic heterocycles. The lowest BCUT2D eigenvalue weighted by Crippen LogP contribution is -2.12. The van der Waals surface area contributed by atoms with Gasteiger partial charge < -0.3 is 9.72 Å². The normalized spacial score (nSPS) is 9.94. The quantitative estimate of drug-likeness (QED) is 0.787. The summed E-state index contributed by atoms with van der Waals surface area (Å²) >= 11 is 0. The molecule has 0 aromatic carbocycles. The van der Waals surface area contributed by atoms with Crippen LogP contribution >= 0.6 is 0 Å². The molecular weight excluding hydrogens is 220 g/mol. The first-order valence-electron chi connectivity index (χ1n) is 4.94. The van der Waals surface area contributed by atoms with Gasteiger partial charge in [0.2, 0.25) is 0 Å². The van der Waals surface area contributed by atoms with Crippen molar-refractivity contribution in [3.05, 3.63) is 52.7 Å². The number of hydrogen-bond donors (Lipinski definition) is 1. The Morgan fingerprint density at radius 3 is 2.94 bits per heavy atom. The fraction of sp³-hybridized carbons (Fsp3) is 0.0833. The first kappa shape index (κ1) is 11.1. The maximum Gasteiger partial charge on any atom is 0.339 e. The number of esters is 1. The van der Waals surface area contributed by atoms with Gasteiger partial charge in [0.05, 0.1) is 12.7 Å². The van der Waals surface area contributed by atoms with Gasteiger partial charge in [-0.3, -0.25) is 9.78 Å². The Morgan fingerprint density at radius 2 is 2.29 bits per heavy atom. The topological polar surface area (TPSA) is 72.1 Å². The maximum atomic E-state index is 11.6. The van der Waals surface area contributed by atoms with Crippen molar-refractivity contribution in [1.29, 1.82) is 0 Å². The summed E-state index contributed by atoms with van der Waals surface area (Å²) in [6.07, 6.45) is 4.50. The van der Waals surface area contributed by atoms with Gasteiger partial charge in [0.25, 0.3) is 5.56 Å². The van der Waals surface area contributed by atoms with Crippen molar-refractivity contribution >= 4 is 5.97 Å². The third-order valence-electron chi connectivity index (χ3n) is 2.30. The zero-order chi connectivity index (χ0) is 12.3. The lowest BCUT2D eigenvalue weighted by molar-refractivity contribution is 0.0600. The molecular formula is C12H10N2O3. The molecule has 2 heterocycles. The highest BCUT2D eigenvalue weighted by atomic mass is 16.5. The molecule has 0 fully saturated rings. The van der Waals surface area contributed by atoms with Crippen LogP contribution in [0.4, 0.5) is 0 Å². The molecule has 2 rings (SSSR count). The van der Waals surface area contributed by atoms with Crippen LogP contribution in [0, 0.1) is 0 Å². The molecule has 0 atom stereocenters. The molecule has 0 radical (unpaired) electrons. The van der Waals surface area contributed by atoms with E-state index in [-0.39, 0.29) is 5.56 Å². The minimum atomic E-state index is -0.494. The Bertz CT molecular complexity index is 590. The Kier molecular flexibility index (Phi) is 3.00. The number of carbonyl (C=O) groups is 1. The van der Waals surface area contributed by atoms with Gasteiger partial charge in [0.1, 0.15) is 0 Å². The lowest BCUT2D eigenvalue weighted by atomic mass is 10.1. The Balaban J connectivity index is 2.55. The van der Waals surface area contributed by atoms with E-state index in [1.165, 1.54) is 19.4 Å². The van der Waals surface area contributed by atoms with Crippen molar-refractivity contribution in [1.82, 2.24) is 9.97 Å². The Hall–Kier alpha value is -2.43. The second-order valence-corrected chi connectivity index (χ2v) is 3.36. The predicted octanol–water partition coefficient (Wildman–Crippen LogP) is 1.22. The number of pyridine rings is 2. The number of nitrogens with zero attached hydrogens (tertiary/aromatic N) is 1. The molecule has 0 amide bonds. The van der Waals surface area contributed by atoms with Gasteiger partial charge in [-0.25, -0.2) is 4.79 Å². The van der Waals surface area contributed by atoms with Crippen LogP contribution in [-0.2, 0) is 4.74 Å². The van der Waals surface area contributed by atoms with Crippen molar-refractivity contribution in [2.75, 3.05) is 7.11 Å². The van der Waals surface area contributed by atoms with Crippen molar-refractivity contribution in [3.8, 4) is 11.1 Å². The lowest BCUT2D eigenvalue weighted by Gasteiger charge is -2.02. The molecule has 0 saturated carbocycles. The first-order chi connectivity index (χ1) is 8.22. The molecule has 5 nitrogen and oxygen atoms in total. The van der Waals surface area contributed by atoms with Gasteiger partial charge in [-0.15, -0.1) is 0 Å². The maximum absolute atomic E-state index is 11.6. The van der Waals surface area contributed by atoms with E-state index in [1.807, 2.05) is 0 Å². The second-order valence-electron chi connectivity index (χ2n) is 3.36. The smallest absolute Gasteiger partial charge is 0.339 e. The number of nitrogens with one attached hydrogen (secondary N) is 1. The summed E-state index contributed by atoms with van der Waals surface area (Å²) in [5.41, 5.74) is 1.07. The summed E-state index contributed by atoms with van der Waals surface area (Å²) in [6.45, 7) is 0. The molecule has 86 valence electrons. The monoisotopic (exact) mass is 230 g/mol. The van der Waals surface area contributed by atoms with Crippen LogP contribution < -0.4 is 5.56 Å². The largest absolute Gasteiger partial charge is 0.465 e. The number of rotatable bonds is 2. The van der Waals surface area contributed by atoms with Crippen molar-refractivity contribution in [2.24, 2.45) is 0 Å². The third-order valence-corrected chi connectivity index (χ3v) is 2.30. The second kappa shape index (κ2) is 4.61. The van der Waals surface area contributed by atoms with Crippen LogP contribution in [0.15, 0.2) is 41.6 Å². The predicted molar refractivity (Wildman–Crippen MR) is 61.6 cm³/mol. The molecule has 0 aliphatic carbocycles. The summed E-state index contributed by atoms with van der Waals surface area (Å²) in [5, 5.41) is 0. The summed E-state index contributed by atoms with van der Waals surface area (Å²) in [5.74, 6) is -0.494. The van der Waals surface area contributed by atoms with Crippen LogP contribution in [0.2, 0.25) is 0 Å². The van der Waals surface area contributed by atoms with E-state index in [1.54, 1.807) is 24.5 Å². The van der Waals surface area contributed by atoms with Gasteiger partial charge >= 0.3 is 5.97 Å². The van der Waals surface area contributed by atoms with Gasteiger partial charge in [0.15, 0.2) is 0 Å². The average Bonchev–Trinajstić information content (AvgIpc) is 2.39. The van der Waals surface area contributed by atoms with Gasteiger partial charge in [0, 0.05) is 29.7 Å². The van der Waals surface area contributed by atoms with Crippen LogP contribution in [-0.4, -0.2) is 23.0 Å². The Labute approximate surface area is 97.1 Å². The Morgan fingerprint density at radius 1 is 1.47 bits per heavy atom. The number of methoxy groups -OCH3 is 1. The first-order valence-corrected chi connectivity index (χ1v) is 4.94.